The molecule has 1 N–H and O–H groups in total. The molecule has 96 valence electrons. The number of rotatable bonds is 3. The first-order chi connectivity index (χ1) is 8.52. The molecule has 0 radical (unpaired) electrons. The minimum atomic E-state index is -0.900. The monoisotopic (exact) mass is 274 g/mol. The predicted octanol–water partition coefficient (Wildman–Crippen LogP) is 3.11. The van der Waals surface area contributed by atoms with Crippen molar-refractivity contribution in [1.29, 1.82) is 0 Å². The van der Waals surface area contributed by atoms with Gasteiger partial charge in [0.25, 0.3) is 5.89 Å². The predicted molar refractivity (Wildman–Crippen MR) is 59.9 cm³/mol. The van der Waals surface area contributed by atoms with E-state index in [1.165, 1.54) is 0 Å². The molecule has 2 aromatic rings. The van der Waals surface area contributed by atoms with Crippen molar-refractivity contribution >= 4 is 11.6 Å². The largest absolute Gasteiger partial charge is 0.385 e. The van der Waals surface area contributed by atoms with E-state index in [1.54, 1.807) is 6.92 Å². The van der Waals surface area contributed by atoms with Crippen LogP contribution < -0.4 is 0 Å². The maximum Gasteiger partial charge on any atom is 0.261 e. The number of aliphatic hydroxyl groups excluding tert-OH is 1. The van der Waals surface area contributed by atoms with Crippen LogP contribution in [-0.4, -0.2) is 15.2 Å². The molecule has 0 saturated heterocycles. The number of hydrogen-bond donors (Lipinski definition) is 1. The van der Waals surface area contributed by atoms with Gasteiger partial charge < -0.3 is 9.63 Å². The SMILES string of the molecule is CCC(O)c1noc(-c2cc(F)c(Cl)cc2F)n1. The van der Waals surface area contributed by atoms with Crippen molar-refractivity contribution < 1.29 is 18.4 Å². The van der Waals surface area contributed by atoms with Gasteiger partial charge in [0.1, 0.15) is 17.7 Å². The van der Waals surface area contributed by atoms with Gasteiger partial charge in [0, 0.05) is 0 Å². The van der Waals surface area contributed by atoms with Crippen molar-refractivity contribution in [2.45, 2.75) is 19.4 Å². The lowest BCUT2D eigenvalue weighted by molar-refractivity contribution is 0.159. The van der Waals surface area contributed by atoms with E-state index in [9.17, 15) is 13.9 Å². The van der Waals surface area contributed by atoms with Gasteiger partial charge in [0.05, 0.1) is 10.6 Å². The quantitative estimate of drug-likeness (QED) is 0.874. The summed E-state index contributed by atoms with van der Waals surface area (Å²) in [7, 11) is 0. The van der Waals surface area contributed by atoms with E-state index in [4.69, 9.17) is 16.1 Å². The summed E-state index contributed by atoms with van der Waals surface area (Å²) in [6.45, 7) is 1.73. The fraction of sp³-hybridized carbons (Fsp3) is 0.273. The molecular formula is C11H9ClF2N2O2. The maximum atomic E-state index is 13.6. The zero-order chi connectivity index (χ0) is 13.3. The molecule has 1 aromatic carbocycles. The van der Waals surface area contributed by atoms with Crippen LogP contribution in [0.2, 0.25) is 5.02 Å². The van der Waals surface area contributed by atoms with Gasteiger partial charge in [0.15, 0.2) is 0 Å². The number of aliphatic hydroxyl groups is 1. The summed E-state index contributed by atoms with van der Waals surface area (Å²) < 4.78 is 31.6. The lowest BCUT2D eigenvalue weighted by Gasteiger charge is -2.00. The number of nitrogens with zero attached hydrogens (tertiary/aromatic N) is 2. The lowest BCUT2D eigenvalue weighted by atomic mass is 10.2. The van der Waals surface area contributed by atoms with Crippen LogP contribution in [0.1, 0.15) is 25.3 Å². The fourth-order valence-corrected chi connectivity index (χ4v) is 1.50. The van der Waals surface area contributed by atoms with Crippen molar-refractivity contribution in [3.63, 3.8) is 0 Å². The summed E-state index contributed by atoms with van der Waals surface area (Å²) in [6, 6.07) is 1.69. The van der Waals surface area contributed by atoms with E-state index >= 15 is 0 Å². The number of hydrogen-bond acceptors (Lipinski definition) is 4. The van der Waals surface area contributed by atoms with Crippen LogP contribution in [0.5, 0.6) is 0 Å². The zero-order valence-corrected chi connectivity index (χ0v) is 10.1. The Labute approximate surface area is 106 Å². The molecule has 1 unspecified atom stereocenters. The Bertz CT molecular complexity index is 574. The van der Waals surface area contributed by atoms with Crippen molar-refractivity contribution in [1.82, 2.24) is 10.1 Å². The van der Waals surface area contributed by atoms with E-state index in [0.717, 1.165) is 12.1 Å². The van der Waals surface area contributed by atoms with Gasteiger partial charge >= 0.3 is 0 Å². The second kappa shape index (κ2) is 4.99. The summed E-state index contributed by atoms with van der Waals surface area (Å²) in [5, 5.41) is 12.7. The van der Waals surface area contributed by atoms with Crippen molar-refractivity contribution in [2.75, 3.05) is 0 Å². The Morgan fingerprint density at radius 1 is 1.39 bits per heavy atom. The first-order valence-corrected chi connectivity index (χ1v) is 5.57. The average Bonchev–Trinajstić information content (AvgIpc) is 2.82. The average molecular weight is 275 g/mol. The normalized spacial score (nSPS) is 12.7. The third-order valence-corrected chi connectivity index (χ3v) is 2.66. The van der Waals surface area contributed by atoms with Crippen LogP contribution in [0.3, 0.4) is 0 Å². The highest BCUT2D eigenvalue weighted by atomic mass is 35.5. The standard InChI is InChI=1S/C11H9ClF2N2O2/c1-2-9(17)10-15-11(18-16-10)5-3-8(14)6(12)4-7(5)13/h3-4,9,17H,2H2,1H3. The van der Waals surface area contributed by atoms with Crippen LogP contribution >= 0.6 is 11.6 Å². The molecule has 1 aromatic heterocycles. The van der Waals surface area contributed by atoms with Crippen LogP contribution in [0.15, 0.2) is 16.7 Å². The zero-order valence-electron chi connectivity index (χ0n) is 9.32. The minimum absolute atomic E-state index is 0.0299. The van der Waals surface area contributed by atoms with E-state index in [2.05, 4.69) is 10.1 Å². The van der Waals surface area contributed by atoms with Gasteiger partial charge in [-0.3, -0.25) is 0 Å². The van der Waals surface area contributed by atoms with E-state index in [0.29, 0.717) is 6.42 Å². The highest BCUT2D eigenvalue weighted by Gasteiger charge is 2.19. The summed E-state index contributed by atoms with van der Waals surface area (Å²) in [5.74, 6) is -1.74. The summed E-state index contributed by atoms with van der Waals surface area (Å²) in [5.41, 5.74) is -0.195. The Balaban J connectivity index is 2.43. The lowest BCUT2D eigenvalue weighted by Crippen LogP contribution is -1.97. The van der Waals surface area contributed by atoms with Crippen LogP contribution in [0.25, 0.3) is 11.5 Å². The first kappa shape index (κ1) is 12.9. The molecule has 1 atom stereocenters. The molecule has 0 saturated carbocycles. The molecule has 0 bridgehead atoms. The van der Waals surface area contributed by atoms with Crippen molar-refractivity contribution in [3.05, 3.63) is 34.6 Å². The molecule has 0 spiro atoms. The molecule has 18 heavy (non-hydrogen) atoms. The summed E-state index contributed by atoms with van der Waals surface area (Å²) >= 11 is 5.43. The molecule has 4 nitrogen and oxygen atoms in total. The number of benzene rings is 1. The molecule has 0 fully saturated rings. The first-order valence-electron chi connectivity index (χ1n) is 5.19. The number of aromatic nitrogens is 2. The third kappa shape index (κ3) is 2.34. The molecular weight excluding hydrogens is 266 g/mol. The second-order valence-corrected chi connectivity index (χ2v) is 4.04. The van der Waals surface area contributed by atoms with Gasteiger partial charge in [-0.25, -0.2) is 8.78 Å². The summed E-state index contributed by atoms with van der Waals surface area (Å²) in [4.78, 5) is 3.81. The second-order valence-electron chi connectivity index (χ2n) is 3.63. The van der Waals surface area contributed by atoms with Crippen molar-refractivity contribution in [2.24, 2.45) is 0 Å². The molecule has 0 aliphatic rings. The molecule has 7 heteroatoms. The van der Waals surface area contributed by atoms with Crippen LogP contribution in [0, 0.1) is 11.6 Å². The Kier molecular flexibility index (Phi) is 3.58. The molecule has 1 heterocycles. The maximum absolute atomic E-state index is 13.6. The molecule has 2 rings (SSSR count). The van der Waals surface area contributed by atoms with E-state index in [1.807, 2.05) is 0 Å². The highest BCUT2D eigenvalue weighted by Crippen LogP contribution is 2.27. The Morgan fingerprint density at radius 3 is 2.78 bits per heavy atom. The van der Waals surface area contributed by atoms with Crippen molar-refractivity contribution in [3.8, 4) is 11.5 Å². The van der Waals surface area contributed by atoms with Crippen LogP contribution in [-0.2, 0) is 0 Å². The van der Waals surface area contributed by atoms with Gasteiger partial charge in [-0.1, -0.05) is 23.7 Å². The third-order valence-electron chi connectivity index (χ3n) is 2.37. The molecule has 0 amide bonds. The topological polar surface area (TPSA) is 59.2 Å². The Morgan fingerprint density at radius 2 is 2.11 bits per heavy atom. The van der Waals surface area contributed by atoms with Gasteiger partial charge in [-0.2, -0.15) is 4.98 Å². The smallest absolute Gasteiger partial charge is 0.261 e. The highest BCUT2D eigenvalue weighted by molar-refractivity contribution is 6.30. The van der Waals surface area contributed by atoms with E-state index in [-0.39, 0.29) is 22.3 Å². The fourth-order valence-electron chi connectivity index (χ4n) is 1.35. The number of halogens is 3. The van der Waals surface area contributed by atoms with Crippen LogP contribution in [0.4, 0.5) is 8.78 Å². The minimum Gasteiger partial charge on any atom is -0.385 e. The molecule has 0 aliphatic carbocycles. The van der Waals surface area contributed by atoms with Gasteiger partial charge in [0.2, 0.25) is 5.82 Å². The van der Waals surface area contributed by atoms with Gasteiger partial charge in [-0.15, -0.1) is 0 Å². The van der Waals surface area contributed by atoms with E-state index < -0.39 is 17.7 Å². The summed E-state index contributed by atoms with van der Waals surface area (Å²) in [6.07, 6.45) is -0.515. The Hall–Kier alpha value is -1.53. The molecule has 0 aliphatic heterocycles. The van der Waals surface area contributed by atoms with Gasteiger partial charge in [-0.05, 0) is 18.6 Å².